The quantitative estimate of drug-likeness (QED) is 0.834. The summed E-state index contributed by atoms with van der Waals surface area (Å²) < 4.78 is 40.8. The van der Waals surface area contributed by atoms with E-state index in [-0.39, 0.29) is 6.54 Å². The molecule has 0 heterocycles. The second kappa shape index (κ2) is 5.88. The molecule has 6 heteroatoms. The molecule has 96 valence electrons. The molecule has 0 aliphatic heterocycles. The van der Waals surface area contributed by atoms with E-state index in [0.29, 0.717) is 5.75 Å². The number of aliphatic hydroxyl groups is 1. The van der Waals surface area contributed by atoms with Crippen LogP contribution in [0.15, 0.2) is 24.3 Å². The molecule has 0 aromatic heterocycles. The lowest BCUT2D eigenvalue weighted by molar-refractivity contribution is -0.201. The van der Waals surface area contributed by atoms with E-state index < -0.39 is 18.8 Å². The van der Waals surface area contributed by atoms with Gasteiger partial charge in [-0.2, -0.15) is 13.2 Å². The van der Waals surface area contributed by atoms with Crippen molar-refractivity contribution in [3.8, 4) is 5.75 Å². The lowest BCUT2D eigenvalue weighted by Gasteiger charge is -2.15. The molecule has 0 amide bonds. The molecule has 1 aromatic carbocycles. The van der Waals surface area contributed by atoms with Crippen LogP contribution in [-0.4, -0.2) is 31.0 Å². The average molecular weight is 249 g/mol. The Bertz CT molecular complexity index is 338. The summed E-state index contributed by atoms with van der Waals surface area (Å²) in [6, 6.07) is 6.92. The average Bonchev–Trinajstić information content (AvgIpc) is 2.28. The van der Waals surface area contributed by atoms with Crippen molar-refractivity contribution in [1.82, 2.24) is 5.32 Å². The highest BCUT2D eigenvalue weighted by molar-refractivity contribution is 5.26. The van der Waals surface area contributed by atoms with Gasteiger partial charge < -0.3 is 15.2 Å². The summed E-state index contributed by atoms with van der Waals surface area (Å²) in [4.78, 5) is 0. The maximum absolute atomic E-state index is 12.0. The van der Waals surface area contributed by atoms with E-state index in [1.807, 2.05) is 0 Å². The molecule has 17 heavy (non-hydrogen) atoms. The fourth-order valence-electron chi connectivity index (χ4n) is 1.21. The van der Waals surface area contributed by atoms with Gasteiger partial charge in [-0.25, -0.2) is 0 Å². The second-order valence-electron chi connectivity index (χ2n) is 3.54. The molecule has 0 unspecified atom stereocenters. The van der Waals surface area contributed by atoms with Crippen molar-refractivity contribution in [2.75, 3.05) is 13.7 Å². The standard InChI is InChI=1S/C11H14F3NO2/c1-17-9-4-2-8(3-5-9)6-15-7-10(16)11(12,13)14/h2-5,10,15-16H,6-7H2,1H3/t10-/m0/s1. The zero-order valence-corrected chi connectivity index (χ0v) is 9.29. The highest BCUT2D eigenvalue weighted by atomic mass is 19.4. The molecular formula is C11H14F3NO2. The van der Waals surface area contributed by atoms with E-state index in [0.717, 1.165) is 5.56 Å². The summed E-state index contributed by atoms with van der Waals surface area (Å²) in [6.45, 7) is -0.257. The van der Waals surface area contributed by atoms with Crippen LogP contribution < -0.4 is 10.1 Å². The maximum Gasteiger partial charge on any atom is 0.415 e. The van der Waals surface area contributed by atoms with Gasteiger partial charge in [0.2, 0.25) is 0 Å². The first-order valence-corrected chi connectivity index (χ1v) is 5.02. The molecule has 1 rings (SSSR count). The number of hydrogen-bond acceptors (Lipinski definition) is 3. The molecule has 0 saturated heterocycles. The highest BCUT2D eigenvalue weighted by Crippen LogP contribution is 2.19. The molecule has 0 spiro atoms. The van der Waals surface area contributed by atoms with Gasteiger partial charge in [0.25, 0.3) is 0 Å². The summed E-state index contributed by atoms with van der Waals surface area (Å²) in [5.74, 6) is 0.684. The number of nitrogens with one attached hydrogen (secondary N) is 1. The SMILES string of the molecule is COc1ccc(CNC[C@H](O)C(F)(F)F)cc1. The van der Waals surface area contributed by atoms with Crippen molar-refractivity contribution < 1.29 is 23.0 Å². The second-order valence-corrected chi connectivity index (χ2v) is 3.54. The summed E-state index contributed by atoms with van der Waals surface area (Å²) in [5, 5.41) is 11.3. The summed E-state index contributed by atoms with van der Waals surface area (Å²) in [7, 11) is 1.53. The Morgan fingerprint density at radius 3 is 2.35 bits per heavy atom. The molecule has 0 aliphatic carbocycles. The van der Waals surface area contributed by atoms with Crippen molar-refractivity contribution in [2.45, 2.75) is 18.8 Å². The van der Waals surface area contributed by atoms with E-state index in [1.54, 1.807) is 24.3 Å². The monoisotopic (exact) mass is 249 g/mol. The van der Waals surface area contributed by atoms with Gasteiger partial charge in [-0.1, -0.05) is 12.1 Å². The molecule has 1 aromatic rings. The number of methoxy groups -OCH3 is 1. The number of hydrogen-bond donors (Lipinski definition) is 2. The minimum absolute atomic E-state index is 0.261. The van der Waals surface area contributed by atoms with E-state index in [2.05, 4.69) is 5.32 Å². The Morgan fingerprint density at radius 1 is 1.29 bits per heavy atom. The molecule has 3 nitrogen and oxygen atoms in total. The number of aliphatic hydroxyl groups excluding tert-OH is 1. The maximum atomic E-state index is 12.0. The largest absolute Gasteiger partial charge is 0.497 e. The first-order chi connectivity index (χ1) is 7.93. The number of rotatable bonds is 5. The van der Waals surface area contributed by atoms with Crippen LogP contribution >= 0.6 is 0 Å². The van der Waals surface area contributed by atoms with Gasteiger partial charge in [0.15, 0.2) is 6.10 Å². The minimum Gasteiger partial charge on any atom is -0.497 e. The number of benzene rings is 1. The molecule has 2 N–H and O–H groups in total. The van der Waals surface area contributed by atoms with Crippen molar-refractivity contribution in [1.29, 1.82) is 0 Å². The van der Waals surface area contributed by atoms with Gasteiger partial charge >= 0.3 is 6.18 Å². The van der Waals surface area contributed by atoms with E-state index >= 15 is 0 Å². The zero-order chi connectivity index (χ0) is 12.9. The Kier molecular flexibility index (Phi) is 4.77. The fourth-order valence-corrected chi connectivity index (χ4v) is 1.21. The third kappa shape index (κ3) is 4.62. The van der Waals surface area contributed by atoms with Crippen LogP contribution in [0.4, 0.5) is 13.2 Å². The summed E-state index contributed by atoms with van der Waals surface area (Å²) in [6.07, 6.45) is -6.91. The molecular weight excluding hydrogens is 235 g/mol. The first-order valence-electron chi connectivity index (χ1n) is 5.02. The highest BCUT2D eigenvalue weighted by Gasteiger charge is 2.37. The molecule has 0 radical (unpaired) electrons. The summed E-state index contributed by atoms with van der Waals surface area (Å²) >= 11 is 0. The van der Waals surface area contributed by atoms with Crippen LogP contribution in [0.3, 0.4) is 0 Å². The van der Waals surface area contributed by atoms with Gasteiger partial charge in [0.05, 0.1) is 7.11 Å². The van der Waals surface area contributed by atoms with E-state index in [1.165, 1.54) is 7.11 Å². The van der Waals surface area contributed by atoms with Crippen LogP contribution in [0.2, 0.25) is 0 Å². The Hall–Kier alpha value is -1.27. The summed E-state index contributed by atoms with van der Waals surface area (Å²) in [5.41, 5.74) is 0.820. The van der Waals surface area contributed by atoms with Gasteiger partial charge in [-0.05, 0) is 17.7 Å². The van der Waals surface area contributed by atoms with Crippen molar-refractivity contribution >= 4 is 0 Å². The fraction of sp³-hybridized carbons (Fsp3) is 0.455. The van der Waals surface area contributed by atoms with Crippen LogP contribution in [0, 0.1) is 0 Å². The van der Waals surface area contributed by atoms with Crippen LogP contribution in [0.1, 0.15) is 5.56 Å². The molecule has 0 fully saturated rings. The van der Waals surface area contributed by atoms with Gasteiger partial charge in [0.1, 0.15) is 5.75 Å². The Morgan fingerprint density at radius 2 is 1.88 bits per heavy atom. The zero-order valence-electron chi connectivity index (χ0n) is 9.29. The normalized spacial score (nSPS) is 13.5. The third-order valence-corrected chi connectivity index (χ3v) is 2.20. The van der Waals surface area contributed by atoms with E-state index in [4.69, 9.17) is 9.84 Å². The smallest absolute Gasteiger partial charge is 0.415 e. The lowest BCUT2D eigenvalue weighted by Crippen LogP contribution is -2.38. The molecule has 0 saturated carbocycles. The van der Waals surface area contributed by atoms with E-state index in [9.17, 15) is 13.2 Å². The first kappa shape index (κ1) is 13.8. The lowest BCUT2D eigenvalue weighted by atomic mass is 10.2. The molecule has 1 atom stereocenters. The van der Waals surface area contributed by atoms with Gasteiger partial charge in [0, 0.05) is 13.1 Å². The number of ether oxygens (including phenoxy) is 1. The Labute approximate surface area is 97.2 Å². The predicted molar refractivity (Wildman–Crippen MR) is 56.8 cm³/mol. The van der Waals surface area contributed by atoms with Crippen molar-refractivity contribution in [2.24, 2.45) is 0 Å². The van der Waals surface area contributed by atoms with Gasteiger partial charge in [-0.3, -0.25) is 0 Å². The third-order valence-electron chi connectivity index (χ3n) is 2.20. The van der Waals surface area contributed by atoms with Crippen LogP contribution in [0.5, 0.6) is 5.75 Å². The van der Waals surface area contributed by atoms with Crippen LogP contribution in [-0.2, 0) is 6.54 Å². The predicted octanol–water partition coefficient (Wildman–Crippen LogP) is 1.71. The van der Waals surface area contributed by atoms with Gasteiger partial charge in [-0.15, -0.1) is 0 Å². The Balaban J connectivity index is 2.35. The topological polar surface area (TPSA) is 41.5 Å². The van der Waals surface area contributed by atoms with Crippen molar-refractivity contribution in [3.63, 3.8) is 0 Å². The number of alkyl halides is 3. The van der Waals surface area contributed by atoms with Crippen molar-refractivity contribution in [3.05, 3.63) is 29.8 Å². The minimum atomic E-state index is -4.58. The molecule has 0 bridgehead atoms. The molecule has 0 aliphatic rings. The van der Waals surface area contributed by atoms with Crippen LogP contribution in [0.25, 0.3) is 0 Å². The number of halogens is 3.